The number of hydrogen-bond donors (Lipinski definition) is 1. The molecule has 2 aromatic rings. The van der Waals surface area contributed by atoms with Crippen molar-refractivity contribution in [2.24, 2.45) is 12.1 Å². The van der Waals surface area contributed by atoms with E-state index in [1.807, 2.05) is 6.92 Å². The number of benzene rings is 1. The Morgan fingerprint density at radius 3 is 2.88 bits per heavy atom. The van der Waals surface area contributed by atoms with Crippen molar-refractivity contribution in [3.63, 3.8) is 0 Å². The molecule has 0 aliphatic heterocycles. The van der Waals surface area contributed by atoms with E-state index in [0.717, 1.165) is 0 Å². The number of halogens is 1. The van der Waals surface area contributed by atoms with Crippen molar-refractivity contribution < 1.29 is 14.3 Å². The molecular formula is C17H18ClN3O4. The highest BCUT2D eigenvalue weighted by atomic mass is 35.5. The van der Waals surface area contributed by atoms with Gasteiger partial charge in [0.15, 0.2) is 11.5 Å². The van der Waals surface area contributed by atoms with Crippen molar-refractivity contribution in [1.29, 1.82) is 0 Å². The lowest BCUT2D eigenvalue weighted by atomic mass is 10.2. The van der Waals surface area contributed by atoms with Crippen molar-refractivity contribution in [1.82, 2.24) is 9.99 Å². The zero-order valence-electron chi connectivity index (χ0n) is 14.1. The first-order valence-corrected chi connectivity index (χ1v) is 7.85. The fraction of sp³-hybridized carbons (Fsp3) is 0.235. The number of rotatable bonds is 6. The number of pyridine rings is 1. The normalized spacial score (nSPS) is 10.7. The number of hydrazone groups is 1. The summed E-state index contributed by atoms with van der Waals surface area (Å²) in [5, 5.41) is 4.22. The first-order chi connectivity index (χ1) is 12.0. The summed E-state index contributed by atoms with van der Waals surface area (Å²) in [7, 11) is 3.07. The summed E-state index contributed by atoms with van der Waals surface area (Å²) in [4.78, 5) is 23.9. The molecule has 1 heterocycles. The maximum atomic E-state index is 12.0. The molecule has 7 nitrogen and oxygen atoms in total. The molecule has 0 saturated carbocycles. The fourth-order valence-electron chi connectivity index (χ4n) is 2.09. The summed E-state index contributed by atoms with van der Waals surface area (Å²) in [6, 6.07) is 6.35. The van der Waals surface area contributed by atoms with Crippen LogP contribution in [-0.4, -0.2) is 30.4 Å². The molecule has 1 N–H and O–H groups in total. The van der Waals surface area contributed by atoms with E-state index in [1.54, 1.807) is 31.4 Å². The second-order valence-electron chi connectivity index (χ2n) is 5.00. The molecular weight excluding hydrogens is 346 g/mol. The maximum absolute atomic E-state index is 12.0. The van der Waals surface area contributed by atoms with Gasteiger partial charge in [0.25, 0.3) is 11.5 Å². The van der Waals surface area contributed by atoms with E-state index in [4.69, 9.17) is 21.1 Å². The van der Waals surface area contributed by atoms with Crippen molar-refractivity contribution in [3.05, 3.63) is 57.0 Å². The van der Waals surface area contributed by atoms with Gasteiger partial charge < -0.3 is 14.0 Å². The van der Waals surface area contributed by atoms with Gasteiger partial charge in [-0.3, -0.25) is 9.59 Å². The van der Waals surface area contributed by atoms with Crippen LogP contribution in [-0.2, 0) is 7.05 Å². The van der Waals surface area contributed by atoms with E-state index < -0.39 is 11.5 Å². The van der Waals surface area contributed by atoms with E-state index in [-0.39, 0.29) is 5.56 Å². The quantitative estimate of drug-likeness (QED) is 0.630. The molecule has 2 rings (SSSR count). The highest BCUT2D eigenvalue weighted by Gasteiger charge is 2.12. The number of aryl methyl sites for hydroxylation is 1. The Morgan fingerprint density at radius 1 is 1.44 bits per heavy atom. The van der Waals surface area contributed by atoms with Crippen LogP contribution in [0.15, 0.2) is 40.4 Å². The number of carbonyl (C=O) groups excluding carboxylic acids is 1. The standard InChI is InChI=1S/C17H18ClN3O4/c1-4-25-15-13(18)8-11(9-14(15)24-3)10-19-20-16(22)12-6-5-7-21(2)17(12)23/h5-10H,4H2,1-3H3,(H,20,22)/b19-10-. The van der Waals surface area contributed by atoms with E-state index >= 15 is 0 Å². The molecule has 8 heteroatoms. The number of ether oxygens (including phenoxy) is 2. The summed E-state index contributed by atoms with van der Waals surface area (Å²) >= 11 is 6.17. The lowest BCUT2D eigenvalue weighted by Crippen LogP contribution is -2.29. The summed E-state index contributed by atoms with van der Waals surface area (Å²) in [6.45, 7) is 2.29. The molecule has 0 saturated heterocycles. The van der Waals surface area contributed by atoms with E-state index in [1.165, 1.54) is 24.0 Å². The van der Waals surface area contributed by atoms with Gasteiger partial charge in [-0.15, -0.1) is 0 Å². The first kappa shape index (κ1) is 18.5. The van der Waals surface area contributed by atoms with Crippen LogP contribution < -0.4 is 20.5 Å². The third kappa shape index (κ3) is 4.39. The first-order valence-electron chi connectivity index (χ1n) is 7.47. The van der Waals surface area contributed by atoms with Gasteiger partial charge in [-0.1, -0.05) is 11.6 Å². The molecule has 0 fully saturated rings. The van der Waals surface area contributed by atoms with Gasteiger partial charge in [0, 0.05) is 13.2 Å². The second kappa shape index (κ2) is 8.34. The molecule has 132 valence electrons. The Bertz CT molecular complexity index is 861. The molecule has 1 amide bonds. The average Bonchev–Trinajstić information content (AvgIpc) is 2.59. The minimum atomic E-state index is -0.596. The third-order valence-electron chi connectivity index (χ3n) is 3.29. The molecule has 0 aliphatic carbocycles. The van der Waals surface area contributed by atoms with Crippen molar-refractivity contribution in [3.8, 4) is 11.5 Å². The van der Waals surface area contributed by atoms with Gasteiger partial charge in [0.05, 0.1) is 25.0 Å². The summed E-state index contributed by atoms with van der Waals surface area (Å²) in [6.07, 6.45) is 2.96. The Hall–Kier alpha value is -2.80. The molecule has 1 aromatic heterocycles. The zero-order chi connectivity index (χ0) is 18.4. The van der Waals surface area contributed by atoms with Gasteiger partial charge in [0.1, 0.15) is 5.56 Å². The number of nitrogens with zero attached hydrogens (tertiary/aromatic N) is 2. The van der Waals surface area contributed by atoms with E-state index in [2.05, 4.69) is 10.5 Å². The molecule has 0 atom stereocenters. The number of nitrogens with one attached hydrogen (secondary N) is 1. The number of aromatic nitrogens is 1. The molecule has 0 aliphatic rings. The zero-order valence-corrected chi connectivity index (χ0v) is 14.8. The minimum absolute atomic E-state index is 0.00413. The molecule has 25 heavy (non-hydrogen) atoms. The molecule has 0 bridgehead atoms. The Balaban J connectivity index is 2.17. The highest BCUT2D eigenvalue weighted by molar-refractivity contribution is 6.32. The number of methoxy groups -OCH3 is 1. The van der Waals surface area contributed by atoms with Crippen LogP contribution in [0.3, 0.4) is 0 Å². The van der Waals surface area contributed by atoms with Crippen LogP contribution in [0.1, 0.15) is 22.8 Å². The monoisotopic (exact) mass is 363 g/mol. The highest BCUT2D eigenvalue weighted by Crippen LogP contribution is 2.35. The van der Waals surface area contributed by atoms with Crippen LogP contribution >= 0.6 is 11.6 Å². The van der Waals surface area contributed by atoms with Crippen LogP contribution in [0, 0.1) is 0 Å². The minimum Gasteiger partial charge on any atom is -0.493 e. The van der Waals surface area contributed by atoms with E-state index in [0.29, 0.717) is 28.7 Å². The number of carbonyl (C=O) groups is 1. The third-order valence-corrected chi connectivity index (χ3v) is 3.57. The second-order valence-corrected chi connectivity index (χ2v) is 5.41. The van der Waals surface area contributed by atoms with Crippen molar-refractivity contribution in [2.75, 3.05) is 13.7 Å². The van der Waals surface area contributed by atoms with Crippen LogP contribution in [0.4, 0.5) is 0 Å². The Labute approximate surface area is 149 Å². The average molecular weight is 364 g/mol. The van der Waals surface area contributed by atoms with Gasteiger partial charge in [-0.2, -0.15) is 5.10 Å². The van der Waals surface area contributed by atoms with Crippen LogP contribution in [0.2, 0.25) is 5.02 Å². The topological polar surface area (TPSA) is 81.9 Å². The SMILES string of the molecule is CCOc1c(Cl)cc(/C=N\NC(=O)c2cccn(C)c2=O)cc1OC. The van der Waals surface area contributed by atoms with Crippen molar-refractivity contribution in [2.45, 2.75) is 6.92 Å². The Kier molecular flexibility index (Phi) is 6.19. The van der Waals surface area contributed by atoms with Crippen LogP contribution in [0.5, 0.6) is 11.5 Å². The molecule has 0 radical (unpaired) electrons. The molecule has 0 unspecified atom stereocenters. The summed E-state index contributed by atoms with van der Waals surface area (Å²) in [5.74, 6) is 0.307. The smallest absolute Gasteiger partial charge is 0.276 e. The maximum Gasteiger partial charge on any atom is 0.276 e. The van der Waals surface area contributed by atoms with Crippen molar-refractivity contribution >= 4 is 23.7 Å². The largest absolute Gasteiger partial charge is 0.493 e. The Morgan fingerprint density at radius 2 is 2.20 bits per heavy atom. The predicted octanol–water partition coefficient (Wildman–Crippen LogP) is 2.21. The van der Waals surface area contributed by atoms with Gasteiger partial charge in [0.2, 0.25) is 0 Å². The fourth-order valence-corrected chi connectivity index (χ4v) is 2.37. The van der Waals surface area contributed by atoms with Gasteiger partial charge in [-0.25, -0.2) is 5.43 Å². The van der Waals surface area contributed by atoms with E-state index in [9.17, 15) is 9.59 Å². The summed E-state index contributed by atoms with van der Waals surface area (Å²) < 4.78 is 12.0. The number of hydrogen-bond acceptors (Lipinski definition) is 5. The number of amides is 1. The summed E-state index contributed by atoms with van der Waals surface area (Å²) in [5.41, 5.74) is 2.52. The molecule has 0 spiro atoms. The predicted molar refractivity (Wildman–Crippen MR) is 95.9 cm³/mol. The van der Waals surface area contributed by atoms with Gasteiger partial charge in [-0.05, 0) is 36.8 Å². The van der Waals surface area contributed by atoms with Gasteiger partial charge >= 0.3 is 0 Å². The molecule has 1 aromatic carbocycles. The lowest BCUT2D eigenvalue weighted by Gasteiger charge is -2.11. The lowest BCUT2D eigenvalue weighted by molar-refractivity contribution is 0.0953. The van der Waals surface area contributed by atoms with Crippen LogP contribution in [0.25, 0.3) is 0 Å².